The summed E-state index contributed by atoms with van der Waals surface area (Å²) in [4.78, 5) is 4.44. The summed E-state index contributed by atoms with van der Waals surface area (Å²) in [5, 5.41) is 0. The minimum atomic E-state index is 0.478. The van der Waals surface area contributed by atoms with Crippen LogP contribution in [0, 0.1) is 0 Å². The summed E-state index contributed by atoms with van der Waals surface area (Å²) in [6.45, 7) is 3.60. The quantitative estimate of drug-likeness (QED) is 0.880. The second-order valence-electron chi connectivity index (χ2n) is 4.17. The molecule has 0 amide bonds. The zero-order valence-electron chi connectivity index (χ0n) is 10.9. The number of methoxy groups -OCH3 is 1. The van der Waals surface area contributed by atoms with E-state index in [0.717, 1.165) is 35.7 Å². The Kier molecular flexibility index (Phi) is 3.99. The number of imidazole rings is 1. The molecule has 96 valence electrons. The van der Waals surface area contributed by atoms with Crippen molar-refractivity contribution >= 4 is 0 Å². The van der Waals surface area contributed by atoms with Gasteiger partial charge in [-0.15, -0.1) is 0 Å². The molecule has 0 saturated carbocycles. The minimum Gasteiger partial charge on any atom is -0.497 e. The topological polar surface area (TPSA) is 53.1 Å². The number of aromatic nitrogens is 2. The predicted molar refractivity (Wildman–Crippen MR) is 72.4 cm³/mol. The summed E-state index contributed by atoms with van der Waals surface area (Å²) in [6.07, 6.45) is 4.91. The van der Waals surface area contributed by atoms with Gasteiger partial charge in [0.2, 0.25) is 0 Å². The maximum Gasteiger partial charge on any atom is 0.140 e. The first-order valence-electron chi connectivity index (χ1n) is 6.18. The first-order chi connectivity index (χ1) is 8.80. The van der Waals surface area contributed by atoms with Crippen LogP contribution in [-0.4, -0.2) is 16.7 Å². The van der Waals surface area contributed by atoms with E-state index in [9.17, 15) is 0 Å². The van der Waals surface area contributed by atoms with Crippen LogP contribution in [0.4, 0.5) is 0 Å². The summed E-state index contributed by atoms with van der Waals surface area (Å²) in [5.74, 6) is 1.80. The highest BCUT2D eigenvalue weighted by Gasteiger charge is 2.10. The van der Waals surface area contributed by atoms with Crippen LogP contribution in [-0.2, 0) is 13.1 Å². The third-order valence-corrected chi connectivity index (χ3v) is 2.95. The molecule has 0 aliphatic carbocycles. The SMILES string of the molecule is CCCn1ccnc1-c1ccc(OC)cc1CN. The van der Waals surface area contributed by atoms with Gasteiger partial charge < -0.3 is 15.0 Å². The molecule has 2 aromatic rings. The van der Waals surface area contributed by atoms with E-state index in [4.69, 9.17) is 10.5 Å². The lowest BCUT2D eigenvalue weighted by Gasteiger charge is -2.11. The molecule has 0 saturated heterocycles. The molecule has 1 heterocycles. The first kappa shape index (κ1) is 12.6. The molecule has 4 nitrogen and oxygen atoms in total. The Hall–Kier alpha value is -1.81. The van der Waals surface area contributed by atoms with E-state index in [1.165, 1.54) is 0 Å². The van der Waals surface area contributed by atoms with E-state index in [1.807, 2.05) is 30.6 Å². The molecule has 0 unspecified atom stereocenters. The number of benzene rings is 1. The molecule has 0 aliphatic heterocycles. The van der Waals surface area contributed by atoms with E-state index in [-0.39, 0.29) is 0 Å². The summed E-state index contributed by atoms with van der Waals surface area (Å²) in [6, 6.07) is 5.94. The number of nitrogens with two attached hydrogens (primary N) is 1. The normalized spacial score (nSPS) is 10.6. The van der Waals surface area contributed by atoms with E-state index >= 15 is 0 Å². The van der Waals surface area contributed by atoms with Gasteiger partial charge in [-0.1, -0.05) is 6.92 Å². The largest absolute Gasteiger partial charge is 0.497 e. The molecule has 0 bridgehead atoms. The van der Waals surface area contributed by atoms with Crippen molar-refractivity contribution in [2.75, 3.05) is 7.11 Å². The first-order valence-corrected chi connectivity index (χ1v) is 6.18. The van der Waals surface area contributed by atoms with Crippen LogP contribution in [0.3, 0.4) is 0 Å². The van der Waals surface area contributed by atoms with Crippen molar-refractivity contribution in [2.24, 2.45) is 5.73 Å². The second kappa shape index (κ2) is 5.69. The van der Waals surface area contributed by atoms with E-state index in [0.29, 0.717) is 6.54 Å². The van der Waals surface area contributed by atoms with E-state index in [2.05, 4.69) is 16.5 Å². The maximum atomic E-state index is 5.81. The summed E-state index contributed by atoms with van der Waals surface area (Å²) in [7, 11) is 1.66. The van der Waals surface area contributed by atoms with Crippen molar-refractivity contribution in [3.05, 3.63) is 36.2 Å². The number of hydrogen-bond acceptors (Lipinski definition) is 3. The smallest absolute Gasteiger partial charge is 0.140 e. The summed E-state index contributed by atoms with van der Waals surface area (Å²) in [5.41, 5.74) is 7.95. The fourth-order valence-electron chi connectivity index (χ4n) is 2.06. The van der Waals surface area contributed by atoms with Gasteiger partial charge in [0, 0.05) is 31.0 Å². The monoisotopic (exact) mass is 245 g/mol. The van der Waals surface area contributed by atoms with Crippen LogP contribution in [0.5, 0.6) is 5.75 Å². The van der Waals surface area contributed by atoms with Crippen LogP contribution in [0.2, 0.25) is 0 Å². The zero-order chi connectivity index (χ0) is 13.0. The average molecular weight is 245 g/mol. The molecule has 18 heavy (non-hydrogen) atoms. The van der Waals surface area contributed by atoms with Crippen LogP contribution >= 0.6 is 0 Å². The Morgan fingerprint density at radius 3 is 2.89 bits per heavy atom. The highest BCUT2D eigenvalue weighted by molar-refractivity contribution is 5.62. The third-order valence-electron chi connectivity index (χ3n) is 2.95. The Morgan fingerprint density at radius 2 is 2.22 bits per heavy atom. The standard InChI is InChI=1S/C14H19N3O/c1-3-7-17-8-6-16-14(17)13-5-4-12(18-2)9-11(13)10-15/h4-6,8-9H,3,7,10,15H2,1-2H3. The van der Waals surface area contributed by atoms with Crippen LogP contribution < -0.4 is 10.5 Å². The van der Waals surface area contributed by atoms with Crippen LogP contribution in [0.1, 0.15) is 18.9 Å². The molecule has 1 aromatic heterocycles. The van der Waals surface area contributed by atoms with Gasteiger partial charge in [-0.3, -0.25) is 0 Å². The predicted octanol–water partition coefficient (Wildman–Crippen LogP) is 2.43. The second-order valence-corrected chi connectivity index (χ2v) is 4.17. The molecule has 0 radical (unpaired) electrons. The number of nitrogens with zero attached hydrogens (tertiary/aromatic N) is 2. The lowest BCUT2D eigenvalue weighted by molar-refractivity contribution is 0.414. The average Bonchev–Trinajstić information content (AvgIpc) is 2.86. The van der Waals surface area contributed by atoms with E-state index < -0.39 is 0 Å². The molecule has 0 aliphatic rings. The minimum absolute atomic E-state index is 0.478. The summed E-state index contributed by atoms with van der Waals surface area (Å²) >= 11 is 0. The molecule has 1 aromatic carbocycles. The Bertz CT molecular complexity index is 520. The Morgan fingerprint density at radius 1 is 1.39 bits per heavy atom. The number of rotatable bonds is 5. The van der Waals surface area contributed by atoms with Gasteiger partial charge in [-0.25, -0.2) is 4.98 Å². The molecule has 2 rings (SSSR count). The van der Waals surface area contributed by atoms with Crippen molar-refractivity contribution in [3.8, 4) is 17.1 Å². The van der Waals surface area contributed by atoms with Gasteiger partial charge in [-0.05, 0) is 30.2 Å². The van der Waals surface area contributed by atoms with Gasteiger partial charge in [0.15, 0.2) is 0 Å². The fourth-order valence-corrected chi connectivity index (χ4v) is 2.06. The Labute approximate surface area is 107 Å². The third kappa shape index (κ3) is 2.38. The van der Waals surface area contributed by atoms with Crippen molar-refractivity contribution in [1.29, 1.82) is 0 Å². The molecule has 4 heteroatoms. The van der Waals surface area contributed by atoms with Crippen molar-refractivity contribution in [3.63, 3.8) is 0 Å². The molecule has 0 spiro atoms. The summed E-state index contributed by atoms with van der Waals surface area (Å²) < 4.78 is 7.38. The van der Waals surface area contributed by atoms with Crippen molar-refractivity contribution < 1.29 is 4.74 Å². The van der Waals surface area contributed by atoms with E-state index in [1.54, 1.807) is 7.11 Å². The van der Waals surface area contributed by atoms with Crippen LogP contribution in [0.15, 0.2) is 30.6 Å². The fraction of sp³-hybridized carbons (Fsp3) is 0.357. The van der Waals surface area contributed by atoms with Gasteiger partial charge in [0.25, 0.3) is 0 Å². The highest BCUT2D eigenvalue weighted by Crippen LogP contribution is 2.26. The maximum absolute atomic E-state index is 5.81. The lowest BCUT2D eigenvalue weighted by Crippen LogP contribution is -2.04. The van der Waals surface area contributed by atoms with Crippen LogP contribution in [0.25, 0.3) is 11.4 Å². The highest BCUT2D eigenvalue weighted by atomic mass is 16.5. The van der Waals surface area contributed by atoms with Gasteiger partial charge in [-0.2, -0.15) is 0 Å². The zero-order valence-corrected chi connectivity index (χ0v) is 10.9. The van der Waals surface area contributed by atoms with Gasteiger partial charge in [0.05, 0.1) is 7.11 Å². The molecule has 0 fully saturated rings. The molecular formula is C14H19N3O. The van der Waals surface area contributed by atoms with Crippen molar-refractivity contribution in [2.45, 2.75) is 26.4 Å². The molecule has 2 N–H and O–H groups in total. The van der Waals surface area contributed by atoms with Gasteiger partial charge >= 0.3 is 0 Å². The Balaban J connectivity index is 2.46. The van der Waals surface area contributed by atoms with Gasteiger partial charge in [0.1, 0.15) is 11.6 Å². The molecule has 0 atom stereocenters. The molecular weight excluding hydrogens is 226 g/mol. The number of ether oxygens (including phenoxy) is 1. The number of hydrogen-bond donors (Lipinski definition) is 1. The number of aryl methyl sites for hydroxylation is 1. The van der Waals surface area contributed by atoms with Crippen molar-refractivity contribution in [1.82, 2.24) is 9.55 Å². The lowest BCUT2D eigenvalue weighted by atomic mass is 10.1.